The van der Waals surface area contributed by atoms with Gasteiger partial charge in [-0.3, -0.25) is 0 Å². The lowest BCUT2D eigenvalue weighted by Crippen LogP contribution is -2.06. The molecule has 0 saturated carbocycles. The predicted octanol–water partition coefficient (Wildman–Crippen LogP) is 3.88. The number of nitrogen functional groups attached to an aromatic ring is 1. The summed E-state index contributed by atoms with van der Waals surface area (Å²) in [7, 11) is 0. The molecule has 0 atom stereocenters. The lowest BCUT2D eigenvalue weighted by Gasteiger charge is -2.11. The highest BCUT2D eigenvalue weighted by Crippen LogP contribution is 2.30. The Morgan fingerprint density at radius 3 is 2.37 bits per heavy atom. The number of hydrogen-bond acceptors (Lipinski definition) is 3. The number of ether oxygens (including phenoxy) is 2. The SMILES string of the molecule is Nc1cccc(Br)c1OCCCOc1ccccc1. The Hall–Kier alpha value is -1.68. The number of nitrogens with two attached hydrogens (primary N) is 1. The molecule has 3 nitrogen and oxygen atoms in total. The van der Waals surface area contributed by atoms with Crippen LogP contribution in [0.3, 0.4) is 0 Å². The fourth-order valence-corrected chi connectivity index (χ4v) is 2.11. The molecule has 0 aliphatic heterocycles. The molecule has 2 aromatic carbocycles. The van der Waals surface area contributed by atoms with Gasteiger partial charge in [0.05, 0.1) is 23.4 Å². The third-order valence-corrected chi connectivity index (χ3v) is 3.17. The van der Waals surface area contributed by atoms with E-state index < -0.39 is 0 Å². The van der Waals surface area contributed by atoms with Crippen LogP contribution in [0.4, 0.5) is 5.69 Å². The van der Waals surface area contributed by atoms with E-state index in [2.05, 4.69) is 15.9 Å². The van der Waals surface area contributed by atoms with Crippen LogP contribution in [0, 0.1) is 0 Å². The van der Waals surface area contributed by atoms with Gasteiger partial charge in [0.25, 0.3) is 0 Å². The highest BCUT2D eigenvalue weighted by atomic mass is 79.9. The second-order valence-electron chi connectivity index (χ2n) is 4.02. The minimum absolute atomic E-state index is 0.569. The highest BCUT2D eigenvalue weighted by Gasteiger charge is 2.04. The maximum atomic E-state index is 5.84. The molecule has 0 bridgehead atoms. The number of halogens is 1. The summed E-state index contributed by atoms with van der Waals surface area (Å²) < 4.78 is 12.1. The van der Waals surface area contributed by atoms with Gasteiger partial charge in [-0.1, -0.05) is 24.3 Å². The van der Waals surface area contributed by atoms with Gasteiger partial charge >= 0.3 is 0 Å². The molecule has 0 aliphatic rings. The molecule has 0 unspecified atom stereocenters. The van der Waals surface area contributed by atoms with Gasteiger partial charge in [0.2, 0.25) is 0 Å². The Morgan fingerprint density at radius 1 is 0.895 bits per heavy atom. The summed E-state index contributed by atoms with van der Waals surface area (Å²) in [6.45, 7) is 1.19. The van der Waals surface area contributed by atoms with Crippen LogP contribution < -0.4 is 15.2 Å². The largest absolute Gasteiger partial charge is 0.493 e. The first-order valence-electron chi connectivity index (χ1n) is 6.12. The average Bonchev–Trinajstić information content (AvgIpc) is 2.42. The van der Waals surface area contributed by atoms with Crippen molar-refractivity contribution in [1.29, 1.82) is 0 Å². The van der Waals surface area contributed by atoms with E-state index in [0.717, 1.165) is 16.6 Å². The quantitative estimate of drug-likeness (QED) is 0.648. The van der Waals surface area contributed by atoms with Crippen molar-refractivity contribution in [1.82, 2.24) is 0 Å². The van der Waals surface area contributed by atoms with Gasteiger partial charge in [0.1, 0.15) is 5.75 Å². The van der Waals surface area contributed by atoms with Crippen LogP contribution in [0.5, 0.6) is 11.5 Å². The van der Waals surface area contributed by atoms with Crippen molar-refractivity contribution >= 4 is 21.6 Å². The van der Waals surface area contributed by atoms with Crippen molar-refractivity contribution < 1.29 is 9.47 Å². The van der Waals surface area contributed by atoms with E-state index in [1.54, 1.807) is 0 Å². The minimum atomic E-state index is 0.569. The van der Waals surface area contributed by atoms with Gasteiger partial charge in [-0.15, -0.1) is 0 Å². The smallest absolute Gasteiger partial charge is 0.156 e. The van der Waals surface area contributed by atoms with Crippen molar-refractivity contribution in [3.05, 3.63) is 53.0 Å². The topological polar surface area (TPSA) is 44.5 Å². The van der Waals surface area contributed by atoms with E-state index in [0.29, 0.717) is 24.7 Å². The van der Waals surface area contributed by atoms with E-state index in [-0.39, 0.29) is 0 Å². The fourth-order valence-electron chi connectivity index (χ4n) is 1.62. The van der Waals surface area contributed by atoms with Gasteiger partial charge < -0.3 is 15.2 Å². The molecule has 0 fully saturated rings. The third-order valence-electron chi connectivity index (χ3n) is 2.54. The molecule has 19 heavy (non-hydrogen) atoms. The fraction of sp³-hybridized carbons (Fsp3) is 0.200. The summed E-state index contributed by atoms with van der Waals surface area (Å²) in [6.07, 6.45) is 0.801. The maximum Gasteiger partial charge on any atom is 0.156 e. The summed E-state index contributed by atoms with van der Waals surface area (Å²) >= 11 is 3.42. The van der Waals surface area contributed by atoms with Crippen LogP contribution >= 0.6 is 15.9 Å². The van der Waals surface area contributed by atoms with Crippen LogP contribution in [0.2, 0.25) is 0 Å². The number of para-hydroxylation sites is 2. The molecule has 4 heteroatoms. The standard InChI is InChI=1S/C15H16BrNO2/c16-13-8-4-9-14(17)15(13)19-11-5-10-18-12-6-2-1-3-7-12/h1-4,6-9H,5,10-11,17H2. The Labute approximate surface area is 121 Å². The summed E-state index contributed by atoms with van der Waals surface area (Å²) in [5, 5.41) is 0. The monoisotopic (exact) mass is 321 g/mol. The second-order valence-corrected chi connectivity index (χ2v) is 4.88. The second kappa shape index (κ2) is 7.04. The number of rotatable bonds is 6. The molecule has 0 heterocycles. The molecule has 0 aromatic heterocycles. The minimum Gasteiger partial charge on any atom is -0.493 e. The van der Waals surface area contributed by atoms with Crippen molar-refractivity contribution in [2.75, 3.05) is 18.9 Å². The van der Waals surface area contributed by atoms with Gasteiger partial charge in [-0.05, 0) is 40.2 Å². The molecular formula is C15H16BrNO2. The normalized spacial score (nSPS) is 10.2. The van der Waals surface area contributed by atoms with Crippen molar-refractivity contribution in [3.8, 4) is 11.5 Å². The predicted molar refractivity (Wildman–Crippen MR) is 80.6 cm³/mol. The van der Waals surface area contributed by atoms with Crippen molar-refractivity contribution in [3.63, 3.8) is 0 Å². The van der Waals surface area contributed by atoms with Gasteiger partial charge in [-0.2, -0.15) is 0 Å². The van der Waals surface area contributed by atoms with E-state index in [1.165, 1.54) is 0 Å². The molecular weight excluding hydrogens is 306 g/mol. The molecule has 100 valence electrons. The highest BCUT2D eigenvalue weighted by molar-refractivity contribution is 9.10. The zero-order valence-corrected chi connectivity index (χ0v) is 12.1. The molecule has 0 spiro atoms. The van der Waals surface area contributed by atoms with E-state index in [4.69, 9.17) is 15.2 Å². The van der Waals surface area contributed by atoms with Crippen LogP contribution in [0.25, 0.3) is 0 Å². The van der Waals surface area contributed by atoms with Gasteiger partial charge in [0.15, 0.2) is 5.75 Å². The first-order chi connectivity index (χ1) is 9.27. The molecule has 2 N–H and O–H groups in total. The molecule has 0 amide bonds. The van der Waals surface area contributed by atoms with Crippen LogP contribution in [0.1, 0.15) is 6.42 Å². The van der Waals surface area contributed by atoms with Crippen molar-refractivity contribution in [2.45, 2.75) is 6.42 Å². The summed E-state index contributed by atoms with van der Waals surface area (Å²) in [6, 6.07) is 15.4. The van der Waals surface area contributed by atoms with E-state index in [1.807, 2.05) is 48.5 Å². The summed E-state index contributed by atoms with van der Waals surface area (Å²) in [4.78, 5) is 0. The molecule has 0 saturated heterocycles. The summed E-state index contributed by atoms with van der Waals surface area (Å²) in [5.41, 5.74) is 6.48. The van der Waals surface area contributed by atoms with Crippen LogP contribution in [0.15, 0.2) is 53.0 Å². The molecule has 0 aliphatic carbocycles. The number of benzene rings is 2. The average molecular weight is 322 g/mol. The number of anilines is 1. The third kappa shape index (κ3) is 4.17. The van der Waals surface area contributed by atoms with Crippen LogP contribution in [-0.2, 0) is 0 Å². The zero-order valence-electron chi connectivity index (χ0n) is 10.5. The van der Waals surface area contributed by atoms with E-state index >= 15 is 0 Å². The van der Waals surface area contributed by atoms with E-state index in [9.17, 15) is 0 Å². The van der Waals surface area contributed by atoms with Crippen LogP contribution in [-0.4, -0.2) is 13.2 Å². The lowest BCUT2D eigenvalue weighted by atomic mass is 10.3. The van der Waals surface area contributed by atoms with Crippen molar-refractivity contribution in [2.24, 2.45) is 0 Å². The zero-order chi connectivity index (χ0) is 13.5. The Bertz CT molecular complexity index is 497. The Kier molecular flexibility index (Phi) is 5.10. The summed E-state index contributed by atoms with van der Waals surface area (Å²) in [5.74, 6) is 1.57. The number of hydrogen-bond donors (Lipinski definition) is 1. The first-order valence-corrected chi connectivity index (χ1v) is 6.91. The van der Waals surface area contributed by atoms with Gasteiger partial charge in [0, 0.05) is 6.42 Å². The lowest BCUT2D eigenvalue weighted by molar-refractivity contribution is 0.247. The molecule has 0 radical (unpaired) electrons. The first kappa shape index (κ1) is 13.7. The molecule has 2 rings (SSSR count). The Morgan fingerprint density at radius 2 is 1.63 bits per heavy atom. The maximum absolute atomic E-state index is 5.84. The molecule has 2 aromatic rings. The van der Waals surface area contributed by atoms with Gasteiger partial charge in [-0.25, -0.2) is 0 Å². The Balaban J connectivity index is 1.73.